The molecule has 0 heterocycles. The third-order valence-corrected chi connectivity index (χ3v) is 5.34. The highest BCUT2D eigenvalue weighted by Crippen LogP contribution is 2.30. The molecule has 0 amide bonds. The van der Waals surface area contributed by atoms with E-state index in [2.05, 4.69) is 4.72 Å². The molecule has 24 heavy (non-hydrogen) atoms. The van der Waals surface area contributed by atoms with E-state index in [4.69, 9.17) is 21.1 Å². The largest absolute Gasteiger partial charge is 0.497 e. The molecule has 130 valence electrons. The molecule has 1 atom stereocenters. The van der Waals surface area contributed by atoms with Gasteiger partial charge >= 0.3 is 0 Å². The number of nitrogens with one attached hydrogen (secondary N) is 1. The van der Waals surface area contributed by atoms with Gasteiger partial charge in [-0.3, -0.25) is 0 Å². The van der Waals surface area contributed by atoms with Crippen LogP contribution in [0.3, 0.4) is 0 Å². The molecular formula is C17H20ClNO4S. The first-order chi connectivity index (χ1) is 11.4. The van der Waals surface area contributed by atoms with Crippen molar-refractivity contribution in [3.05, 3.63) is 58.6 Å². The fourth-order valence-corrected chi connectivity index (χ4v) is 4.06. The van der Waals surface area contributed by atoms with Crippen molar-refractivity contribution in [2.24, 2.45) is 0 Å². The van der Waals surface area contributed by atoms with Gasteiger partial charge in [0.2, 0.25) is 10.0 Å². The minimum atomic E-state index is -3.58. The average molecular weight is 370 g/mol. The van der Waals surface area contributed by atoms with Crippen LogP contribution in [0, 0.1) is 0 Å². The summed E-state index contributed by atoms with van der Waals surface area (Å²) in [4.78, 5) is 0. The van der Waals surface area contributed by atoms with E-state index in [1.807, 2.05) is 0 Å². The Morgan fingerprint density at radius 3 is 2.46 bits per heavy atom. The summed E-state index contributed by atoms with van der Waals surface area (Å²) in [5.41, 5.74) is 1.25. The Labute approximate surface area is 147 Å². The first-order valence-corrected chi connectivity index (χ1v) is 9.34. The lowest BCUT2D eigenvalue weighted by Crippen LogP contribution is -2.28. The average Bonchev–Trinajstić information content (AvgIpc) is 2.55. The van der Waals surface area contributed by atoms with E-state index < -0.39 is 16.1 Å². The fraction of sp³-hybridized carbons (Fsp3) is 0.294. The Balaban J connectivity index is 2.22. The molecule has 7 heteroatoms. The Morgan fingerprint density at radius 1 is 1.12 bits per heavy atom. The summed E-state index contributed by atoms with van der Waals surface area (Å²) >= 11 is 6.04. The van der Waals surface area contributed by atoms with Crippen molar-refractivity contribution in [3.8, 4) is 11.5 Å². The van der Waals surface area contributed by atoms with E-state index in [0.29, 0.717) is 27.6 Å². The van der Waals surface area contributed by atoms with Crippen LogP contribution in [-0.2, 0) is 15.8 Å². The third-order valence-electron chi connectivity index (χ3n) is 3.56. The Bertz CT molecular complexity index is 808. The predicted octanol–water partition coefficient (Wildman–Crippen LogP) is 3.54. The number of ether oxygens (including phenoxy) is 2. The Hall–Kier alpha value is -1.76. The zero-order valence-corrected chi connectivity index (χ0v) is 15.3. The van der Waals surface area contributed by atoms with Crippen LogP contribution in [0.15, 0.2) is 42.5 Å². The van der Waals surface area contributed by atoms with E-state index in [9.17, 15) is 8.42 Å². The molecule has 2 rings (SSSR count). The highest BCUT2D eigenvalue weighted by atomic mass is 35.5. The number of rotatable bonds is 7. The molecular weight excluding hydrogens is 350 g/mol. The molecule has 0 aliphatic rings. The van der Waals surface area contributed by atoms with Gasteiger partial charge in [0.25, 0.3) is 0 Å². The van der Waals surface area contributed by atoms with Gasteiger partial charge in [-0.2, -0.15) is 0 Å². The van der Waals surface area contributed by atoms with Gasteiger partial charge in [0.1, 0.15) is 11.5 Å². The molecule has 2 aromatic rings. The third kappa shape index (κ3) is 4.63. The smallest absolute Gasteiger partial charge is 0.216 e. The van der Waals surface area contributed by atoms with Crippen LogP contribution < -0.4 is 14.2 Å². The minimum absolute atomic E-state index is 0.191. The first kappa shape index (κ1) is 18.6. The van der Waals surface area contributed by atoms with Gasteiger partial charge < -0.3 is 9.47 Å². The van der Waals surface area contributed by atoms with Crippen molar-refractivity contribution < 1.29 is 17.9 Å². The van der Waals surface area contributed by atoms with Crippen LogP contribution in [-0.4, -0.2) is 22.6 Å². The monoisotopic (exact) mass is 369 g/mol. The Morgan fingerprint density at radius 2 is 1.83 bits per heavy atom. The number of methoxy groups -OCH3 is 2. The summed E-state index contributed by atoms with van der Waals surface area (Å²) in [7, 11) is -0.489. The number of hydrogen-bond acceptors (Lipinski definition) is 4. The number of sulfonamides is 1. The molecule has 0 aliphatic heterocycles. The quantitative estimate of drug-likeness (QED) is 0.810. The van der Waals surface area contributed by atoms with Crippen LogP contribution in [0.1, 0.15) is 24.1 Å². The maximum absolute atomic E-state index is 12.4. The van der Waals surface area contributed by atoms with Crippen molar-refractivity contribution >= 4 is 21.6 Å². The lowest BCUT2D eigenvalue weighted by Gasteiger charge is -2.18. The van der Waals surface area contributed by atoms with Crippen LogP contribution in [0.25, 0.3) is 0 Å². The summed E-state index contributed by atoms with van der Waals surface area (Å²) in [6.45, 7) is 1.75. The lowest BCUT2D eigenvalue weighted by atomic mass is 10.1. The molecule has 0 unspecified atom stereocenters. The molecule has 0 fully saturated rings. The summed E-state index contributed by atoms with van der Waals surface area (Å²) in [6, 6.07) is 11.6. The topological polar surface area (TPSA) is 64.6 Å². The molecule has 0 bridgehead atoms. The second-order valence-corrected chi connectivity index (χ2v) is 7.46. The van der Waals surface area contributed by atoms with E-state index in [-0.39, 0.29) is 5.75 Å². The van der Waals surface area contributed by atoms with Gasteiger partial charge in [-0.15, -0.1) is 0 Å². The maximum atomic E-state index is 12.4. The zero-order valence-electron chi connectivity index (χ0n) is 13.7. The lowest BCUT2D eigenvalue weighted by molar-refractivity contribution is 0.395. The second-order valence-electron chi connectivity index (χ2n) is 5.30. The van der Waals surface area contributed by atoms with Crippen molar-refractivity contribution in [2.75, 3.05) is 14.2 Å². The summed E-state index contributed by atoms with van der Waals surface area (Å²) in [5.74, 6) is 1.02. The van der Waals surface area contributed by atoms with Crippen molar-refractivity contribution in [3.63, 3.8) is 0 Å². The molecule has 1 N–H and O–H groups in total. The van der Waals surface area contributed by atoms with Crippen LogP contribution in [0.2, 0.25) is 5.02 Å². The molecule has 0 aromatic heterocycles. The molecule has 0 saturated heterocycles. The SMILES string of the molecule is COc1ccc(OC)c([C@@H](C)NS(=O)(=O)Cc2ccccc2Cl)c1. The van der Waals surface area contributed by atoms with E-state index in [0.717, 1.165) is 0 Å². The standard InChI is InChI=1S/C17H20ClNO4S/c1-12(15-10-14(22-2)8-9-17(15)23-3)19-24(20,21)11-13-6-4-5-7-16(13)18/h4-10,12,19H,11H2,1-3H3/t12-/m1/s1. The van der Waals surface area contributed by atoms with Gasteiger partial charge in [-0.1, -0.05) is 29.8 Å². The molecule has 0 radical (unpaired) electrons. The fourth-order valence-electron chi connectivity index (χ4n) is 2.37. The molecule has 5 nitrogen and oxygen atoms in total. The van der Waals surface area contributed by atoms with Crippen LogP contribution in [0.5, 0.6) is 11.5 Å². The number of benzene rings is 2. The highest BCUT2D eigenvalue weighted by molar-refractivity contribution is 7.88. The van der Waals surface area contributed by atoms with Crippen molar-refractivity contribution in [1.82, 2.24) is 4.72 Å². The second kappa shape index (κ2) is 7.88. The maximum Gasteiger partial charge on any atom is 0.216 e. The number of halogens is 1. The van der Waals surface area contributed by atoms with E-state index >= 15 is 0 Å². The minimum Gasteiger partial charge on any atom is -0.497 e. The zero-order chi connectivity index (χ0) is 17.7. The van der Waals surface area contributed by atoms with E-state index in [1.165, 1.54) is 7.11 Å². The van der Waals surface area contributed by atoms with Gasteiger partial charge in [0.05, 0.1) is 20.0 Å². The normalized spacial score (nSPS) is 12.7. The molecule has 0 spiro atoms. The van der Waals surface area contributed by atoms with Gasteiger partial charge in [-0.25, -0.2) is 13.1 Å². The molecule has 2 aromatic carbocycles. The Kier molecular flexibility index (Phi) is 6.10. The van der Waals surface area contributed by atoms with Gasteiger partial charge in [-0.05, 0) is 36.8 Å². The number of hydrogen-bond donors (Lipinski definition) is 1. The summed E-state index contributed by atoms with van der Waals surface area (Å²) in [6.07, 6.45) is 0. The first-order valence-electron chi connectivity index (χ1n) is 7.31. The van der Waals surface area contributed by atoms with Crippen molar-refractivity contribution in [2.45, 2.75) is 18.7 Å². The summed E-state index contributed by atoms with van der Waals surface area (Å²) in [5, 5.41) is 0.425. The highest BCUT2D eigenvalue weighted by Gasteiger charge is 2.20. The van der Waals surface area contributed by atoms with Gasteiger partial charge in [0, 0.05) is 16.6 Å². The predicted molar refractivity (Wildman–Crippen MR) is 95.2 cm³/mol. The van der Waals surface area contributed by atoms with Crippen LogP contribution in [0.4, 0.5) is 0 Å². The van der Waals surface area contributed by atoms with E-state index in [1.54, 1.807) is 56.5 Å². The van der Waals surface area contributed by atoms with Crippen molar-refractivity contribution in [1.29, 1.82) is 0 Å². The van der Waals surface area contributed by atoms with Gasteiger partial charge in [0.15, 0.2) is 0 Å². The summed E-state index contributed by atoms with van der Waals surface area (Å²) < 4.78 is 38.1. The molecule has 0 aliphatic carbocycles. The van der Waals surface area contributed by atoms with Crippen LogP contribution >= 0.6 is 11.6 Å². The molecule has 0 saturated carbocycles.